The third-order valence-corrected chi connectivity index (χ3v) is 2.40. The number of benzene rings is 1. The van der Waals surface area contributed by atoms with Gasteiger partial charge in [0.15, 0.2) is 0 Å². The van der Waals surface area contributed by atoms with Gasteiger partial charge in [0.25, 0.3) is 0 Å². The predicted octanol–water partition coefficient (Wildman–Crippen LogP) is 2.73. The molecule has 0 saturated carbocycles. The maximum Gasteiger partial charge on any atom is 0.0991 e. The molecule has 0 amide bonds. The van der Waals surface area contributed by atoms with Gasteiger partial charge in [-0.1, -0.05) is 20.8 Å². The SMILES string of the molecule is CC(C)(C)c1n[nH]c2ccc(C#N)cc12. The monoisotopic (exact) mass is 199 g/mol. The van der Waals surface area contributed by atoms with Crippen molar-refractivity contribution in [3.05, 3.63) is 29.5 Å². The van der Waals surface area contributed by atoms with E-state index in [0.29, 0.717) is 5.56 Å². The van der Waals surface area contributed by atoms with E-state index < -0.39 is 0 Å². The first-order chi connectivity index (χ1) is 7.02. The fourth-order valence-electron chi connectivity index (χ4n) is 1.66. The van der Waals surface area contributed by atoms with E-state index in [4.69, 9.17) is 5.26 Å². The minimum atomic E-state index is -0.00761. The lowest BCUT2D eigenvalue weighted by atomic mass is 9.89. The van der Waals surface area contributed by atoms with Gasteiger partial charge in [-0.3, -0.25) is 5.10 Å². The molecular formula is C12H13N3. The van der Waals surface area contributed by atoms with Gasteiger partial charge in [-0.05, 0) is 18.2 Å². The van der Waals surface area contributed by atoms with E-state index in [1.165, 1.54) is 0 Å². The first kappa shape index (κ1) is 9.72. The number of aromatic amines is 1. The average Bonchev–Trinajstić information content (AvgIpc) is 2.59. The third kappa shape index (κ3) is 1.59. The lowest BCUT2D eigenvalue weighted by molar-refractivity contribution is 0.571. The number of nitrogens with zero attached hydrogens (tertiary/aromatic N) is 2. The summed E-state index contributed by atoms with van der Waals surface area (Å²) in [5, 5.41) is 17.2. The van der Waals surface area contributed by atoms with Crippen LogP contribution in [0.4, 0.5) is 0 Å². The Kier molecular flexibility index (Phi) is 2.01. The molecule has 1 aromatic heterocycles. The molecule has 0 atom stereocenters. The van der Waals surface area contributed by atoms with Crippen molar-refractivity contribution in [2.45, 2.75) is 26.2 Å². The number of rotatable bonds is 0. The maximum atomic E-state index is 8.85. The molecule has 1 aromatic carbocycles. The zero-order valence-electron chi connectivity index (χ0n) is 9.13. The van der Waals surface area contributed by atoms with Gasteiger partial charge in [0.05, 0.1) is 22.8 Å². The molecule has 3 heteroatoms. The summed E-state index contributed by atoms with van der Waals surface area (Å²) in [5.74, 6) is 0. The van der Waals surface area contributed by atoms with Crippen LogP contribution in [0, 0.1) is 11.3 Å². The number of H-pyrrole nitrogens is 1. The summed E-state index contributed by atoms with van der Waals surface area (Å²) >= 11 is 0. The molecule has 76 valence electrons. The Morgan fingerprint density at radius 2 is 2.07 bits per heavy atom. The second-order valence-corrected chi connectivity index (χ2v) is 4.69. The van der Waals surface area contributed by atoms with Crippen LogP contribution in [-0.2, 0) is 5.41 Å². The average molecular weight is 199 g/mol. The van der Waals surface area contributed by atoms with Crippen LogP contribution >= 0.6 is 0 Å². The molecule has 0 radical (unpaired) electrons. The molecule has 0 saturated heterocycles. The molecular weight excluding hydrogens is 186 g/mol. The molecule has 0 fully saturated rings. The van der Waals surface area contributed by atoms with Crippen molar-refractivity contribution in [3.8, 4) is 6.07 Å². The van der Waals surface area contributed by atoms with Gasteiger partial charge in [-0.15, -0.1) is 0 Å². The van der Waals surface area contributed by atoms with Crippen molar-refractivity contribution in [2.24, 2.45) is 0 Å². The van der Waals surface area contributed by atoms with Crippen LogP contribution in [0.25, 0.3) is 10.9 Å². The van der Waals surface area contributed by atoms with E-state index >= 15 is 0 Å². The largest absolute Gasteiger partial charge is 0.278 e. The highest BCUT2D eigenvalue weighted by atomic mass is 15.1. The van der Waals surface area contributed by atoms with Crippen LogP contribution in [-0.4, -0.2) is 10.2 Å². The van der Waals surface area contributed by atoms with Gasteiger partial charge in [0.2, 0.25) is 0 Å². The standard InChI is InChI=1S/C12H13N3/c1-12(2,3)11-9-6-8(7-13)4-5-10(9)14-15-11/h4-6H,1-3H3,(H,14,15). The lowest BCUT2D eigenvalue weighted by Gasteiger charge is -2.15. The lowest BCUT2D eigenvalue weighted by Crippen LogP contribution is -2.12. The highest BCUT2D eigenvalue weighted by molar-refractivity contribution is 5.83. The van der Waals surface area contributed by atoms with Crippen molar-refractivity contribution < 1.29 is 0 Å². The van der Waals surface area contributed by atoms with Crippen molar-refractivity contribution >= 4 is 10.9 Å². The van der Waals surface area contributed by atoms with Crippen LogP contribution < -0.4 is 0 Å². The van der Waals surface area contributed by atoms with Crippen molar-refractivity contribution in [2.75, 3.05) is 0 Å². The highest BCUT2D eigenvalue weighted by Gasteiger charge is 2.20. The van der Waals surface area contributed by atoms with Crippen molar-refractivity contribution in [3.63, 3.8) is 0 Å². The Morgan fingerprint density at radius 3 is 2.67 bits per heavy atom. The first-order valence-corrected chi connectivity index (χ1v) is 4.91. The molecule has 0 unspecified atom stereocenters. The van der Waals surface area contributed by atoms with Crippen LogP contribution in [0.3, 0.4) is 0 Å². The van der Waals surface area contributed by atoms with Crippen molar-refractivity contribution in [1.82, 2.24) is 10.2 Å². The zero-order chi connectivity index (χ0) is 11.1. The van der Waals surface area contributed by atoms with Crippen LogP contribution in [0.2, 0.25) is 0 Å². The molecule has 15 heavy (non-hydrogen) atoms. The third-order valence-electron chi connectivity index (χ3n) is 2.40. The summed E-state index contributed by atoms with van der Waals surface area (Å²) in [4.78, 5) is 0. The summed E-state index contributed by atoms with van der Waals surface area (Å²) in [6.45, 7) is 6.34. The Hall–Kier alpha value is -1.82. The smallest absolute Gasteiger partial charge is 0.0991 e. The topological polar surface area (TPSA) is 52.5 Å². The van der Waals surface area contributed by atoms with E-state index in [-0.39, 0.29) is 5.41 Å². The molecule has 3 nitrogen and oxygen atoms in total. The van der Waals surface area contributed by atoms with Crippen LogP contribution in [0.1, 0.15) is 32.0 Å². The van der Waals surface area contributed by atoms with E-state index in [9.17, 15) is 0 Å². The molecule has 2 aromatic rings. The van der Waals surface area contributed by atoms with Gasteiger partial charge in [0, 0.05) is 10.8 Å². The van der Waals surface area contributed by atoms with Gasteiger partial charge in [0.1, 0.15) is 0 Å². The summed E-state index contributed by atoms with van der Waals surface area (Å²) in [7, 11) is 0. The summed E-state index contributed by atoms with van der Waals surface area (Å²) in [5.41, 5.74) is 2.66. The van der Waals surface area contributed by atoms with Crippen LogP contribution in [0.5, 0.6) is 0 Å². The molecule has 2 rings (SSSR count). The Balaban J connectivity index is 2.73. The molecule has 1 heterocycles. The molecule has 0 bridgehead atoms. The van der Waals surface area contributed by atoms with Gasteiger partial charge in [-0.25, -0.2) is 0 Å². The number of aromatic nitrogens is 2. The molecule has 0 spiro atoms. The quantitative estimate of drug-likeness (QED) is 0.709. The Labute approximate surface area is 88.7 Å². The summed E-state index contributed by atoms with van der Waals surface area (Å²) in [6, 6.07) is 7.73. The molecule has 1 N–H and O–H groups in total. The van der Waals surface area contributed by atoms with E-state index in [1.54, 1.807) is 6.07 Å². The number of nitriles is 1. The van der Waals surface area contributed by atoms with Gasteiger partial charge in [-0.2, -0.15) is 10.4 Å². The Morgan fingerprint density at radius 1 is 1.33 bits per heavy atom. The molecule has 0 aliphatic carbocycles. The molecule has 0 aliphatic heterocycles. The van der Waals surface area contributed by atoms with Crippen LogP contribution in [0.15, 0.2) is 18.2 Å². The second kappa shape index (κ2) is 3.09. The first-order valence-electron chi connectivity index (χ1n) is 4.91. The molecule has 0 aliphatic rings. The number of nitrogens with one attached hydrogen (secondary N) is 1. The fourth-order valence-corrected chi connectivity index (χ4v) is 1.66. The maximum absolute atomic E-state index is 8.85. The Bertz CT molecular complexity index is 538. The van der Waals surface area contributed by atoms with Gasteiger partial charge < -0.3 is 0 Å². The summed E-state index contributed by atoms with van der Waals surface area (Å²) in [6.07, 6.45) is 0. The van der Waals surface area contributed by atoms with E-state index in [1.807, 2.05) is 12.1 Å². The minimum absolute atomic E-state index is 0.00761. The predicted molar refractivity (Wildman–Crippen MR) is 59.5 cm³/mol. The summed E-state index contributed by atoms with van der Waals surface area (Å²) < 4.78 is 0. The zero-order valence-corrected chi connectivity index (χ0v) is 9.13. The number of fused-ring (bicyclic) bond motifs is 1. The number of hydrogen-bond acceptors (Lipinski definition) is 2. The van der Waals surface area contributed by atoms with E-state index in [0.717, 1.165) is 16.6 Å². The normalized spacial score (nSPS) is 11.6. The highest BCUT2D eigenvalue weighted by Crippen LogP contribution is 2.28. The fraction of sp³-hybridized carbons (Fsp3) is 0.333. The van der Waals surface area contributed by atoms with E-state index in [2.05, 4.69) is 37.0 Å². The van der Waals surface area contributed by atoms with Crippen molar-refractivity contribution in [1.29, 1.82) is 5.26 Å². The number of hydrogen-bond donors (Lipinski definition) is 1. The second-order valence-electron chi connectivity index (χ2n) is 4.69. The van der Waals surface area contributed by atoms with Gasteiger partial charge >= 0.3 is 0 Å². The minimum Gasteiger partial charge on any atom is -0.278 e.